The molecule has 1 aliphatic rings. The lowest BCUT2D eigenvalue weighted by Crippen LogP contribution is -2.33. The van der Waals surface area contributed by atoms with Gasteiger partial charge in [-0.05, 0) is 45.0 Å². The molecule has 1 aromatic carbocycles. The molecule has 94 valence electrons. The summed E-state index contributed by atoms with van der Waals surface area (Å²) < 4.78 is 12.8. The zero-order valence-corrected chi connectivity index (χ0v) is 10.8. The van der Waals surface area contributed by atoms with Crippen LogP contribution in [0.2, 0.25) is 0 Å². The lowest BCUT2D eigenvalue weighted by molar-refractivity contribution is 0.325. The van der Waals surface area contributed by atoms with E-state index in [1.54, 1.807) is 0 Å². The predicted molar refractivity (Wildman–Crippen MR) is 68.4 cm³/mol. The van der Waals surface area contributed by atoms with E-state index in [1.165, 1.54) is 18.6 Å². The number of halogens is 1. The summed E-state index contributed by atoms with van der Waals surface area (Å²) >= 11 is 0. The van der Waals surface area contributed by atoms with E-state index in [0.717, 1.165) is 12.1 Å². The molecule has 0 aliphatic carbocycles. The van der Waals surface area contributed by atoms with E-state index in [9.17, 15) is 4.39 Å². The third kappa shape index (κ3) is 3.05. The minimum Gasteiger partial charge on any atom is -0.306 e. The minimum atomic E-state index is -0.171. The monoisotopic (exact) mass is 236 g/mol. The van der Waals surface area contributed by atoms with Crippen molar-refractivity contribution in [2.75, 3.05) is 13.6 Å². The van der Waals surface area contributed by atoms with Crippen molar-refractivity contribution in [3.8, 4) is 0 Å². The molecule has 1 fully saturated rings. The summed E-state index contributed by atoms with van der Waals surface area (Å²) in [5.74, 6) is -0.171. The smallest absolute Gasteiger partial charge is 0.123 e. The normalized spacial score (nSPS) is 27.3. The molecule has 3 atom stereocenters. The molecule has 0 bridgehead atoms. The second-order valence-corrected chi connectivity index (χ2v) is 5.16. The number of likely N-dealkylation sites (N-methyl/N-ethyl adjacent to an activating group) is 1. The summed E-state index contributed by atoms with van der Waals surface area (Å²) in [6, 6.07) is 8.22. The zero-order chi connectivity index (χ0) is 12.4. The Balaban J connectivity index is 1.93. The first-order chi connectivity index (χ1) is 8.06. The SMILES string of the molecule is CC(NC1CC(C)N(C)C1)c1ccc(F)cc1. The maximum atomic E-state index is 12.8. The van der Waals surface area contributed by atoms with Gasteiger partial charge in [0.1, 0.15) is 5.82 Å². The van der Waals surface area contributed by atoms with E-state index in [0.29, 0.717) is 12.1 Å². The first-order valence-corrected chi connectivity index (χ1v) is 6.28. The lowest BCUT2D eigenvalue weighted by Gasteiger charge is -2.19. The minimum absolute atomic E-state index is 0.171. The van der Waals surface area contributed by atoms with E-state index in [4.69, 9.17) is 0 Å². The Hall–Kier alpha value is -0.930. The number of hydrogen-bond donors (Lipinski definition) is 1. The second kappa shape index (κ2) is 5.15. The maximum absolute atomic E-state index is 12.8. The number of likely N-dealkylation sites (tertiary alicyclic amines) is 1. The van der Waals surface area contributed by atoms with Gasteiger partial charge >= 0.3 is 0 Å². The highest BCUT2D eigenvalue weighted by atomic mass is 19.1. The Morgan fingerprint density at radius 2 is 2.00 bits per heavy atom. The standard InChI is InChI=1S/C14H21FN2/c1-10-8-14(9-17(10)3)16-11(2)12-4-6-13(15)7-5-12/h4-7,10-11,14,16H,8-9H2,1-3H3. The molecule has 0 amide bonds. The van der Waals surface area contributed by atoms with E-state index in [-0.39, 0.29) is 11.9 Å². The molecule has 1 N–H and O–H groups in total. The summed E-state index contributed by atoms with van der Waals surface area (Å²) in [6.45, 7) is 5.48. The van der Waals surface area contributed by atoms with Crippen LogP contribution in [-0.2, 0) is 0 Å². The Morgan fingerprint density at radius 3 is 2.53 bits per heavy atom. The number of rotatable bonds is 3. The van der Waals surface area contributed by atoms with E-state index < -0.39 is 0 Å². The van der Waals surface area contributed by atoms with Crippen LogP contribution in [0.4, 0.5) is 4.39 Å². The van der Waals surface area contributed by atoms with Crippen LogP contribution in [-0.4, -0.2) is 30.6 Å². The highest BCUT2D eigenvalue weighted by Crippen LogP contribution is 2.19. The number of nitrogens with one attached hydrogen (secondary N) is 1. The van der Waals surface area contributed by atoms with Gasteiger partial charge in [0.05, 0.1) is 0 Å². The molecule has 1 heterocycles. The summed E-state index contributed by atoms with van der Waals surface area (Å²) in [5, 5.41) is 3.61. The van der Waals surface area contributed by atoms with E-state index >= 15 is 0 Å². The van der Waals surface area contributed by atoms with E-state index in [1.807, 2.05) is 12.1 Å². The molecule has 3 heteroatoms. The number of benzene rings is 1. The molecular weight excluding hydrogens is 215 g/mol. The Kier molecular flexibility index (Phi) is 3.79. The molecule has 3 unspecified atom stereocenters. The van der Waals surface area contributed by atoms with Crippen molar-refractivity contribution >= 4 is 0 Å². The van der Waals surface area contributed by atoms with Gasteiger partial charge in [-0.25, -0.2) is 4.39 Å². The Bertz CT molecular complexity index is 353. The van der Waals surface area contributed by atoms with E-state index in [2.05, 4.69) is 31.1 Å². The third-order valence-electron chi connectivity index (χ3n) is 3.74. The van der Waals surface area contributed by atoms with Gasteiger partial charge in [0, 0.05) is 24.7 Å². The van der Waals surface area contributed by atoms with Gasteiger partial charge in [0.15, 0.2) is 0 Å². The summed E-state index contributed by atoms with van der Waals surface area (Å²) in [5.41, 5.74) is 1.15. The number of hydrogen-bond acceptors (Lipinski definition) is 2. The molecule has 1 aliphatic heterocycles. The average molecular weight is 236 g/mol. The highest BCUT2D eigenvalue weighted by Gasteiger charge is 2.26. The van der Waals surface area contributed by atoms with Gasteiger partial charge in [0.25, 0.3) is 0 Å². The van der Waals surface area contributed by atoms with Gasteiger partial charge in [-0.15, -0.1) is 0 Å². The maximum Gasteiger partial charge on any atom is 0.123 e. The molecule has 17 heavy (non-hydrogen) atoms. The first kappa shape index (κ1) is 12.5. The second-order valence-electron chi connectivity index (χ2n) is 5.16. The van der Waals surface area contributed by atoms with Gasteiger partial charge in [-0.1, -0.05) is 12.1 Å². The third-order valence-corrected chi connectivity index (χ3v) is 3.74. The molecule has 0 radical (unpaired) electrons. The highest BCUT2D eigenvalue weighted by molar-refractivity contribution is 5.19. The zero-order valence-electron chi connectivity index (χ0n) is 10.8. The molecule has 0 spiro atoms. The van der Waals surface area contributed by atoms with Gasteiger partial charge in [-0.2, -0.15) is 0 Å². The van der Waals surface area contributed by atoms with Crippen molar-refractivity contribution in [1.82, 2.24) is 10.2 Å². The topological polar surface area (TPSA) is 15.3 Å². The van der Waals surface area contributed by atoms with Crippen molar-refractivity contribution < 1.29 is 4.39 Å². The predicted octanol–water partition coefficient (Wildman–Crippen LogP) is 2.57. The fourth-order valence-corrected chi connectivity index (χ4v) is 2.52. The van der Waals surface area contributed by atoms with Crippen LogP contribution < -0.4 is 5.32 Å². The molecule has 1 saturated heterocycles. The van der Waals surface area contributed by atoms with Crippen molar-refractivity contribution in [1.29, 1.82) is 0 Å². The molecule has 0 saturated carbocycles. The number of nitrogens with zero attached hydrogens (tertiary/aromatic N) is 1. The van der Waals surface area contributed by atoms with Crippen LogP contribution in [0.1, 0.15) is 31.9 Å². The van der Waals surface area contributed by atoms with Crippen LogP contribution in [0.5, 0.6) is 0 Å². The summed E-state index contributed by atoms with van der Waals surface area (Å²) in [7, 11) is 2.16. The van der Waals surface area contributed by atoms with Crippen molar-refractivity contribution in [2.45, 2.75) is 38.4 Å². The Morgan fingerprint density at radius 1 is 1.35 bits per heavy atom. The molecule has 1 aromatic rings. The van der Waals surface area contributed by atoms with Crippen LogP contribution >= 0.6 is 0 Å². The van der Waals surface area contributed by atoms with Crippen molar-refractivity contribution in [3.63, 3.8) is 0 Å². The van der Waals surface area contributed by atoms with Gasteiger partial charge in [0.2, 0.25) is 0 Å². The van der Waals surface area contributed by atoms with Crippen LogP contribution in [0, 0.1) is 5.82 Å². The summed E-state index contributed by atoms with van der Waals surface area (Å²) in [6.07, 6.45) is 1.18. The molecule has 2 rings (SSSR count). The average Bonchev–Trinajstić information content (AvgIpc) is 2.58. The van der Waals surface area contributed by atoms with Crippen molar-refractivity contribution in [3.05, 3.63) is 35.6 Å². The lowest BCUT2D eigenvalue weighted by atomic mass is 10.1. The Labute approximate surface area is 103 Å². The molecule has 0 aromatic heterocycles. The van der Waals surface area contributed by atoms with Crippen LogP contribution in [0.15, 0.2) is 24.3 Å². The molecule has 2 nitrogen and oxygen atoms in total. The summed E-state index contributed by atoms with van der Waals surface area (Å²) in [4.78, 5) is 2.37. The van der Waals surface area contributed by atoms with Crippen LogP contribution in [0.3, 0.4) is 0 Å². The largest absolute Gasteiger partial charge is 0.306 e. The van der Waals surface area contributed by atoms with Crippen molar-refractivity contribution in [2.24, 2.45) is 0 Å². The first-order valence-electron chi connectivity index (χ1n) is 6.28. The quantitative estimate of drug-likeness (QED) is 0.867. The van der Waals surface area contributed by atoms with Gasteiger partial charge in [-0.3, -0.25) is 0 Å². The van der Waals surface area contributed by atoms with Gasteiger partial charge < -0.3 is 10.2 Å². The molecular formula is C14H21FN2. The van der Waals surface area contributed by atoms with Crippen LogP contribution in [0.25, 0.3) is 0 Å². The fraction of sp³-hybridized carbons (Fsp3) is 0.571. The fourth-order valence-electron chi connectivity index (χ4n) is 2.52.